The van der Waals surface area contributed by atoms with E-state index in [1.807, 2.05) is 6.34 Å². The summed E-state index contributed by atoms with van der Waals surface area (Å²) in [4.78, 5) is 3.05. The van der Waals surface area contributed by atoms with E-state index in [1.54, 1.807) is 0 Å². The van der Waals surface area contributed by atoms with Crippen LogP contribution in [0.4, 0.5) is 0 Å². The summed E-state index contributed by atoms with van der Waals surface area (Å²) in [5.74, 6) is 0. The number of hydrogen-bond donors (Lipinski definition) is 2. The molecule has 2 nitrogen and oxygen atoms in total. The molecule has 0 bridgehead atoms. The monoisotopic (exact) mass is 85.1 g/mol. The van der Waals surface area contributed by atoms with E-state index in [1.165, 1.54) is 6.42 Å². The Kier molecular flexibility index (Phi) is 1.10. The average Bonchev–Trinajstić information content (AvgIpc) is 1.72. The second-order valence-corrected chi connectivity index (χ2v) is 1.41. The third-order valence-corrected chi connectivity index (χ3v) is 0.846. The number of nitrogens with one attached hydrogen (secondary N) is 2. The summed E-state index contributed by atoms with van der Waals surface area (Å²) in [5.41, 5.74) is 0. The Bertz CT molecular complexity index is 50.6. The van der Waals surface area contributed by atoms with E-state index in [2.05, 4.69) is 10.3 Å². The minimum Gasteiger partial charge on any atom is -0.281 e. The first-order valence-electron chi connectivity index (χ1n) is 2.28. The van der Waals surface area contributed by atoms with Crippen molar-refractivity contribution in [2.45, 2.75) is 6.42 Å². The molecule has 0 saturated carbocycles. The Balaban J connectivity index is 2.26. The average molecular weight is 85.1 g/mol. The SMILES string of the molecule is C1=[NH+]CCCN1. The molecule has 0 aromatic carbocycles. The van der Waals surface area contributed by atoms with E-state index in [0.29, 0.717) is 0 Å². The fourth-order valence-electron chi connectivity index (χ4n) is 0.509. The van der Waals surface area contributed by atoms with Crippen LogP contribution in [0.3, 0.4) is 0 Å². The van der Waals surface area contributed by atoms with Crippen LogP contribution in [0.15, 0.2) is 0 Å². The third-order valence-electron chi connectivity index (χ3n) is 0.846. The van der Waals surface area contributed by atoms with E-state index >= 15 is 0 Å². The quantitative estimate of drug-likeness (QED) is 0.352. The van der Waals surface area contributed by atoms with Gasteiger partial charge in [-0.2, -0.15) is 0 Å². The van der Waals surface area contributed by atoms with Crippen molar-refractivity contribution in [2.24, 2.45) is 0 Å². The highest BCUT2D eigenvalue weighted by Gasteiger charge is 1.91. The van der Waals surface area contributed by atoms with Crippen LogP contribution in [0.2, 0.25) is 0 Å². The highest BCUT2D eigenvalue weighted by atomic mass is 15.0. The maximum Gasteiger partial charge on any atom is 0.229 e. The summed E-state index contributed by atoms with van der Waals surface area (Å²) in [6.45, 7) is 2.26. The van der Waals surface area contributed by atoms with E-state index in [0.717, 1.165) is 13.1 Å². The summed E-state index contributed by atoms with van der Waals surface area (Å²) in [5, 5.41) is 3.05. The largest absolute Gasteiger partial charge is 0.281 e. The zero-order valence-corrected chi connectivity index (χ0v) is 3.70. The van der Waals surface area contributed by atoms with Crippen LogP contribution in [-0.2, 0) is 0 Å². The molecule has 2 heteroatoms. The maximum atomic E-state index is 3.05. The Morgan fingerprint density at radius 1 is 1.67 bits per heavy atom. The van der Waals surface area contributed by atoms with E-state index < -0.39 is 0 Å². The van der Waals surface area contributed by atoms with E-state index in [-0.39, 0.29) is 0 Å². The van der Waals surface area contributed by atoms with Gasteiger partial charge < -0.3 is 0 Å². The minimum atomic E-state index is 1.13. The van der Waals surface area contributed by atoms with Gasteiger partial charge in [0.05, 0.1) is 13.1 Å². The lowest BCUT2D eigenvalue weighted by Gasteiger charge is -1.95. The summed E-state index contributed by atoms with van der Waals surface area (Å²) >= 11 is 0. The molecule has 0 radical (unpaired) electrons. The van der Waals surface area contributed by atoms with Gasteiger partial charge in [-0.1, -0.05) is 0 Å². The van der Waals surface area contributed by atoms with Gasteiger partial charge in [-0.15, -0.1) is 0 Å². The lowest BCUT2D eigenvalue weighted by Crippen LogP contribution is -2.74. The number of rotatable bonds is 0. The Labute approximate surface area is 37.3 Å². The van der Waals surface area contributed by atoms with E-state index in [9.17, 15) is 0 Å². The second-order valence-electron chi connectivity index (χ2n) is 1.41. The fraction of sp³-hybridized carbons (Fsp3) is 0.750. The Morgan fingerprint density at radius 3 is 2.83 bits per heavy atom. The van der Waals surface area contributed by atoms with Gasteiger partial charge in [-0.25, -0.2) is 0 Å². The molecule has 0 unspecified atom stereocenters. The van der Waals surface area contributed by atoms with Crippen LogP contribution in [0.5, 0.6) is 0 Å². The molecule has 0 fully saturated rings. The molecule has 1 aliphatic rings. The Hall–Kier alpha value is -0.530. The van der Waals surface area contributed by atoms with Crippen LogP contribution < -0.4 is 10.3 Å². The molecule has 0 spiro atoms. The van der Waals surface area contributed by atoms with Gasteiger partial charge in [-0.05, 0) is 0 Å². The molecule has 1 rings (SSSR count). The van der Waals surface area contributed by atoms with Gasteiger partial charge in [0.25, 0.3) is 0 Å². The van der Waals surface area contributed by atoms with Crippen LogP contribution in [0.1, 0.15) is 6.42 Å². The lowest BCUT2D eigenvalue weighted by molar-refractivity contribution is -0.458. The lowest BCUT2D eigenvalue weighted by atomic mass is 10.4. The molecule has 6 heavy (non-hydrogen) atoms. The van der Waals surface area contributed by atoms with Crippen molar-refractivity contribution in [1.82, 2.24) is 5.32 Å². The van der Waals surface area contributed by atoms with Gasteiger partial charge in [0.1, 0.15) is 0 Å². The molecule has 0 aromatic rings. The topological polar surface area (TPSA) is 26.0 Å². The van der Waals surface area contributed by atoms with Gasteiger partial charge in [0.15, 0.2) is 0 Å². The van der Waals surface area contributed by atoms with Gasteiger partial charge in [-0.3, -0.25) is 10.3 Å². The predicted molar refractivity (Wildman–Crippen MR) is 24.5 cm³/mol. The molecule has 0 aliphatic carbocycles. The summed E-state index contributed by atoms with van der Waals surface area (Å²) in [7, 11) is 0. The van der Waals surface area contributed by atoms with Crippen LogP contribution in [0, 0.1) is 0 Å². The van der Waals surface area contributed by atoms with Gasteiger partial charge in [0.2, 0.25) is 6.34 Å². The van der Waals surface area contributed by atoms with Crippen molar-refractivity contribution in [3.63, 3.8) is 0 Å². The fourth-order valence-corrected chi connectivity index (χ4v) is 0.509. The predicted octanol–water partition coefficient (Wildman–Crippen LogP) is -1.91. The van der Waals surface area contributed by atoms with Crippen LogP contribution >= 0.6 is 0 Å². The molecule has 0 aromatic heterocycles. The minimum absolute atomic E-state index is 1.13. The van der Waals surface area contributed by atoms with Crippen molar-refractivity contribution in [1.29, 1.82) is 0 Å². The van der Waals surface area contributed by atoms with Gasteiger partial charge >= 0.3 is 0 Å². The molecule has 1 heterocycles. The van der Waals surface area contributed by atoms with Crippen molar-refractivity contribution in [3.05, 3.63) is 0 Å². The molecule has 0 amide bonds. The molecule has 34 valence electrons. The van der Waals surface area contributed by atoms with Gasteiger partial charge in [0, 0.05) is 6.42 Å². The van der Waals surface area contributed by atoms with Crippen molar-refractivity contribution in [2.75, 3.05) is 13.1 Å². The van der Waals surface area contributed by atoms with E-state index in [4.69, 9.17) is 0 Å². The number of hydrogen-bond acceptors (Lipinski definition) is 1. The first-order valence-corrected chi connectivity index (χ1v) is 2.28. The molecule has 1 aliphatic heterocycles. The molecule has 0 atom stereocenters. The van der Waals surface area contributed by atoms with Crippen molar-refractivity contribution < 1.29 is 4.99 Å². The third kappa shape index (κ3) is 0.708. The smallest absolute Gasteiger partial charge is 0.229 e. The van der Waals surface area contributed by atoms with Crippen molar-refractivity contribution in [3.8, 4) is 0 Å². The summed E-state index contributed by atoms with van der Waals surface area (Å²) in [6.07, 6.45) is 3.14. The highest BCUT2D eigenvalue weighted by molar-refractivity contribution is 5.46. The first-order chi connectivity index (χ1) is 3.00. The standard InChI is InChI=1S/C4H8N2/c1-2-5-4-6-3-1/h4H,1-3H2,(H,5,6)/p+1. The highest BCUT2D eigenvalue weighted by Crippen LogP contribution is 1.64. The summed E-state index contributed by atoms with van der Waals surface area (Å²) in [6, 6.07) is 0. The normalized spacial score (nSPS) is 20.0. The zero-order valence-electron chi connectivity index (χ0n) is 3.70. The van der Waals surface area contributed by atoms with Crippen molar-refractivity contribution >= 4 is 6.34 Å². The maximum absolute atomic E-state index is 3.05. The zero-order chi connectivity index (χ0) is 4.24. The molecular weight excluding hydrogens is 76.1 g/mol. The summed E-state index contributed by atoms with van der Waals surface area (Å²) < 4.78 is 0. The Morgan fingerprint density at radius 2 is 2.67 bits per heavy atom. The van der Waals surface area contributed by atoms with Crippen LogP contribution in [0.25, 0.3) is 0 Å². The van der Waals surface area contributed by atoms with Crippen LogP contribution in [-0.4, -0.2) is 19.4 Å². The first kappa shape index (κ1) is 3.65. The molecular formula is C4H9N2+. The molecule has 0 saturated heterocycles. The molecule has 2 N–H and O–H groups in total. The second kappa shape index (κ2) is 1.80.